The second-order valence-corrected chi connectivity index (χ2v) is 8.06. The Kier molecular flexibility index (Phi) is 6.21. The van der Waals surface area contributed by atoms with E-state index in [1.807, 2.05) is 26.0 Å². The quantitative estimate of drug-likeness (QED) is 0.832. The number of halogens is 1. The molecule has 0 fully saturated rings. The van der Waals surface area contributed by atoms with E-state index in [1.54, 1.807) is 13.0 Å². The number of anilines is 1. The molecule has 134 valence electrons. The number of carbonyl (C=O) groups excluding carboxylic acids is 1. The van der Waals surface area contributed by atoms with Gasteiger partial charge in [0, 0.05) is 17.3 Å². The van der Waals surface area contributed by atoms with Gasteiger partial charge in [-0.2, -0.15) is 4.31 Å². The molecule has 7 heteroatoms. The average molecular weight is 381 g/mol. The van der Waals surface area contributed by atoms with Crippen molar-refractivity contribution in [3.63, 3.8) is 0 Å². The van der Waals surface area contributed by atoms with E-state index in [-0.39, 0.29) is 23.9 Å². The first-order chi connectivity index (χ1) is 11.8. The zero-order valence-electron chi connectivity index (χ0n) is 14.4. The largest absolute Gasteiger partial charge is 0.325 e. The Balaban J connectivity index is 2.17. The molecule has 25 heavy (non-hydrogen) atoms. The molecule has 0 saturated heterocycles. The van der Waals surface area contributed by atoms with Crippen molar-refractivity contribution in [2.24, 2.45) is 0 Å². The van der Waals surface area contributed by atoms with Gasteiger partial charge in [0.15, 0.2) is 0 Å². The van der Waals surface area contributed by atoms with E-state index in [2.05, 4.69) is 5.32 Å². The minimum atomic E-state index is -3.76. The summed E-state index contributed by atoms with van der Waals surface area (Å²) in [6.45, 7) is 5.49. The highest BCUT2D eigenvalue weighted by Crippen LogP contribution is 2.20. The van der Waals surface area contributed by atoms with E-state index in [0.717, 1.165) is 15.4 Å². The van der Waals surface area contributed by atoms with Crippen LogP contribution in [-0.2, 0) is 14.8 Å². The van der Waals surface area contributed by atoms with E-state index in [0.29, 0.717) is 10.7 Å². The maximum atomic E-state index is 12.7. The molecular weight excluding hydrogens is 360 g/mol. The van der Waals surface area contributed by atoms with Crippen molar-refractivity contribution in [2.75, 3.05) is 18.4 Å². The Morgan fingerprint density at radius 1 is 1.12 bits per heavy atom. The number of nitrogens with zero attached hydrogens (tertiary/aromatic N) is 1. The lowest BCUT2D eigenvalue weighted by molar-refractivity contribution is -0.116. The molecule has 2 aromatic rings. The first-order valence-corrected chi connectivity index (χ1v) is 9.69. The topological polar surface area (TPSA) is 66.5 Å². The summed E-state index contributed by atoms with van der Waals surface area (Å²) in [7, 11) is -3.76. The minimum absolute atomic E-state index is 0.110. The molecule has 0 bridgehead atoms. The molecule has 0 aliphatic heterocycles. The zero-order chi connectivity index (χ0) is 18.6. The highest BCUT2D eigenvalue weighted by molar-refractivity contribution is 7.89. The molecular formula is C18H21ClN2O3S. The van der Waals surface area contributed by atoms with Gasteiger partial charge in [-0.15, -0.1) is 0 Å². The molecule has 1 N–H and O–H groups in total. The molecule has 0 spiro atoms. The van der Waals surface area contributed by atoms with Crippen molar-refractivity contribution in [2.45, 2.75) is 25.7 Å². The van der Waals surface area contributed by atoms with Crippen LogP contribution < -0.4 is 5.32 Å². The standard InChI is InChI=1S/C18H21ClN2O3S/c1-4-21(25(23,24)16-10-8-15(19)9-11-16)12-18(22)20-17-7-5-6-13(2)14(17)3/h5-11H,4,12H2,1-3H3,(H,20,22). The van der Waals surface area contributed by atoms with Gasteiger partial charge in [-0.05, 0) is 55.3 Å². The summed E-state index contributed by atoms with van der Waals surface area (Å²) in [5.41, 5.74) is 2.70. The summed E-state index contributed by atoms with van der Waals surface area (Å²) in [6.07, 6.45) is 0. The lowest BCUT2D eigenvalue weighted by Gasteiger charge is -2.20. The van der Waals surface area contributed by atoms with Gasteiger partial charge in [-0.25, -0.2) is 8.42 Å². The van der Waals surface area contributed by atoms with Gasteiger partial charge in [0.05, 0.1) is 11.4 Å². The third kappa shape index (κ3) is 4.60. The third-order valence-electron chi connectivity index (χ3n) is 4.00. The predicted octanol–water partition coefficient (Wildman–Crippen LogP) is 3.61. The number of nitrogens with one attached hydrogen (secondary N) is 1. The van der Waals surface area contributed by atoms with E-state index in [4.69, 9.17) is 11.6 Å². The van der Waals surface area contributed by atoms with Crippen molar-refractivity contribution in [1.29, 1.82) is 0 Å². The van der Waals surface area contributed by atoms with Crippen molar-refractivity contribution in [3.05, 3.63) is 58.6 Å². The van der Waals surface area contributed by atoms with Crippen LogP contribution in [0.4, 0.5) is 5.69 Å². The normalized spacial score (nSPS) is 11.6. The van der Waals surface area contributed by atoms with Crippen molar-refractivity contribution >= 4 is 33.2 Å². The number of sulfonamides is 1. The third-order valence-corrected chi connectivity index (χ3v) is 6.19. The first kappa shape index (κ1) is 19.4. The van der Waals surface area contributed by atoms with Crippen LogP contribution in [0, 0.1) is 13.8 Å². The molecule has 1 amide bonds. The number of hydrogen-bond acceptors (Lipinski definition) is 3. The Morgan fingerprint density at radius 3 is 2.36 bits per heavy atom. The molecule has 0 aliphatic carbocycles. The number of rotatable bonds is 6. The first-order valence-electron chi connectivity index (χ1n) is 7.87. The van der Waals surface area contributed by atoms with Crippen LogP contribution in [0.5, 0.6) is 0 Å². The van der Waals surface area contributed by atoms with Crippen molar-refractivity contribution in [3.8, 4) is 0 Å². The zero-order valence-corrected chi connectivity index (χ0v) is 16.0. The highest BCUT2D eigenvalue weighted by atomic mass is 35.5. The SMILES string of the molecule is CCN(CC(=O)Nc1cccc(C)c1C)S(=O)(=O)c1ccc(Cl)cc1. The molecule has 0 aromatic heterocycles. The number of benzene rings is 2. The summed E-state index contributed by atoms with van der Waals surface area (Å²) in [5, 5.41) is 3.24. The van der Waals surface area contributed by atoms with Gasteiger partial charge in [0.25, 0.3) is 0 Å². The monoisotopic (exact) mass is 380 g/mol. The maximum Gasteiger partial charge on any atom is 0.243 e. The highest BCUT2D eigenvalue weighted by Gasteiger charge is 2.25. The van der Waals surface area contributed by atoms with Crippen LogP contribution >= 0.6 is 11.6 Å². The van der Waals surface area contributed by atoms with Crippen LogP contribution in [0.1, 0.15) is 18.1 Å². The molecule has 0 unspecified atom stereocenters. The predicted molar refractivity (Wildman–Crippen MR) is 100 cm³/mol. The lowest BCUT2D eigenvalue weighted by Crippen LogP contribution is -2.37. The average Bonchev–Trinajstić information content (AvgIpc) is 2.57. The van der Waals surface area contributed by atoms with E-state index in [1.165, 1.54) is 24.3 Å². The lowest BCUT2D eigenvalue weighted by atomic mass is 10.1. The van der Waals surface area contributed by atoms with Gasteiger partial charge >= 0.3 is 0 Å². The van der Waals surface area contributed by atoms with Crippen LogP contribution in [-0.4, -0.2) is 31.7 Å². The van der Waals surface area contributed by atoms with Crippen LogP contribution in [0.25, 0.3) is 0 Å². The fraction of sp³-hybridized carbons (Fsp3) is 0.278. The Bertz CT molecular complexity index is 864. The molecule has 2 rings (SSSR count). The van der Waals surface area contributed by atoms with Gasteiger partial charge in [0.2, 0.25) is 15.9 Å². The van der Waals surface area contributed by atoms with Gasteiger partial charge in [-0.3, -0.25) is 4.79 Å². The fourth-order valence-corrected chi connectivity index (χ4v) is 3.89. The Hall–Kier alpha value is -1.89. The number of aryl methyl sites for hydroxylation is 1. The molecule has 0 aliphatic rings. The number of amides is 1. The summed E-state index contributed by atoms with van der Waals surface area (Å²) >= 11 is 5.80. The summed E-state index contributed by atoms with van der Waals surface area (Å²) in [4.78, 5) is 12.4. The van der Waals surface area contributed by atoms with E-state index >= 15 is 0 Å². The molecule has 0 atom stereocenters. The van der Waals surface area contributed by atoms with Gasteiger partial charge in [-0.1, -0.05) is 30.7 Å². The summed E-state index contributed by atoms with van der Waals surface area (Å²) < 4.78 is 26.5. The molecule has 5 nitrogen and oxygen atoms in total. The van der Waals surface area contributed by atoms with Crippen molar-refractivity contribution in [1.82, 2.24) is 4.31 Å². The van der Waals surface area contributed by atoms with Crippen LogP contribution in [0.3, 0.4) is 0 Å². The smallest absolute Gasteiger partial charge is 0.243 e. The number of likely N-dealkylation sites (N-methyl/N-ethyl adjacent to an activating group) is 1. The van der Waals surface area contributed by atoms with Crippen LogP contribution in [0.15, 0.2) is 47.4 Å². The molecule has 0 radical (unpaired) electrons. The van der Waals surface area contributed by atoms with E-state index in [9.17, 15) is 13.2 Å². The summed E-state index contributed by atoms with van der Waals surface area (Å²) in [6, 6.07) is 11.5. The van der Waals surface area contributed by atoms with Gasteiger partial charge < -0.3 is 5.32 Å². The Labute approximate surface area is 153 Å². The fourth-order valence-electron chi connectivity index (χ4n) is 2.36. The van der Waals surface area contributed by atoms with Gasteiger partial charge in [0.1, 0.15) is 0 Å². The van der Waals surface area contributed by atoms with Crippen LogP contribution in [0.2, 0.25) is 5.02 Å². The minimum Gasteiger partial charge on any atom is -0.325 e. The molecule has 2 aromatic carbocycles. The van der Waals surface area contributed by atoms with E-state index < -0.39 is 10.0 Å². The second kappa shape index (κ2) is 7.99. The molecule has 0 heterocycles. The molecule has 0 saturated carbocycles. The second-order valence-electron chi connectivity index (χ2n) is 5.68. The summed E-state index contributed by atoms with van der Waals surface area (Å²) in [5.74, 6) is -0.381. The Morgan fingerprint density at radius 2 is 1.76 bits per heavy atom. The van der Waals surface area contributed by atoms with Crippen molar-refractivity contribution < 1.29 is 13.2 Å². The number of hydrogen-bond donors (Lipinski definition) is 1. The maximum absolute atomic E-state index is 12.7. The number of carbonyl (C=O) groups is 1.